The molecule has 36 heavy (non-hydrogen) atoms. The number of carbonyl (C=O) groups is 2. The summed E-state index contributed by atoms with van der Waals surface area (Å²) in [6, 6.07) is 5.77. The molecule has 0 spiro atoms. The minimum atomic E-state index is -3.79. The number of methoxy groups -OCH3 is 2. The quantitative estimate of drug-likeness (QED) is 0.425. The zero-order valence-electron chi connectivity index (χ0n) is 21.1. The van der Waals surface area contributed by atoms with Crippen LogP contribution in [0.5, 0.6) is 0 Å². The monoisotopic (exact) mass is 538 g/mol. The van der Waals surface area contributed by atoms with E-state index in [-0.39, 0.29) is 37.1 Å². The fraction of sp³-hybridized carbons (Fsp3) is 0.500. The van der Waals surface area contributed by atoms with Crippen LogP contribution in [0.15, 0.2) is 29.2 Å². The van der Waals surface area contributed by atoms with Crippen molar-refractivity contribution >= 4 is 38.2 Å². The summed E-state index contributed by atoms with van der Waals surface area (Å²) in [5, 5.41) is 6.05. The standard InChI is InChI=1S/C24H34N4O6S2/c1-5-27-11-10-19-20(16-27)35-24(21(19)23(30)25-2)26-22(29)17-6-8-18(9-7-17)36(31,32)28(12-14-33-3)13-15-34-4/h6-9H,5,10-16H2,1-4H3,(H,25,30)(H,26,29). The molecule has 1 aliphatic heterocycles. The number of fused-ring (bicyclic) bond motifs is 1. The Morgan fingerprint density at radius 1 is 1.08 bits per heavy atom. The number of hydrogen-bond donors (Lipinski definition) is 2. The van der Waals surface area contributed by atoms with Crippen LogP contribution in [-0.4, -0.2) is 90.1 Å². The van der Waals surface area contributed by atoms with Gasteiger partial charge in [0.1, 0.15) is 5.00 Å². The van der Waals surface area contributed by atoms with Crippen molar-refractivity contribution in [2.45, 2.75) is 24.8 Å². The summed E-state index contributed by atoms with van der Waals surface area (Å²) in [5.74, 6) is -0.646. The lowest BCUT2D eigenvalue weighted by Crippen LogP contribution is -2.36. The molecule has 3 rings (SSSR count). The number of thiophene rings is 1. The van der Waals surface area contributed by atoms with Crippen LogP contribution >= 0.6 is 11.3 Å². The van der Waals surface area contributed by atoms with Crippen LogP contribution in [0.3, 0.4) is 0 Å². The van der Waals surface area contributed by atoms with Gasteiger partial charge in [-0.15, -0.1) is 11.3 Å². The molecule has 2 N–H and O–H groups in total. The number of rotatable bonds is 12. The number of ether oxygens (including phenoxy) is 2. The second-order valence-electron chi connectivity index (χ2n) is 8.27. The van der Waals surface area contributed by atoms with E-state index in [2.05, 4.69) is 22.5 Å². The molecule has 0 atom stereocenters. The molecule has 1 aromatic carbocycles. The topological polar surface area (TPSA) is 117 Å². The average molecular weight is 539 g/mol. The third kappa shape index (κ3) is 6.31. The van der Waals surface area contributed by atoms with Crippen molar-refractivity contribution < 1.29 is 27.5 Å². The molecule has 12 heteroatoms. The lowest BCUT2D eigenvalue weighted by Gasteiger charge is -2.25. The number of carbonyl (C=O) groups excluding carboxylic acids is 2. The molecule has 2 aromatic rings. The summed E-state index contributed by atoms with van der Waals surface area (Å²) >= 11 is 1.41. The highest BCUT2D eigenvalue weighted by atomic mass is 32.2. The lowest BCUT2D eigenvalue weighted by molar-refractivity contribution is 0.0962. The highest BCUT2D eigenvalue weighted by Gasteiger charge is 2.28. The van der Waals surface area contributed by atoms with Crippen LogP contribution in [0, 0.1) is 0 Å². The zero-order valence-corrected chi connectivity index (χ0v) is 22.8. The van der Waals surface area contributed by atoms with E-state index in [4.69, 9.17) is 9.47 Å². The Balaban J connectivity index is 1.82. The maximum atomic E-state index is 13.1. The van der Waals surface area contributed by atoms with Gasteiger partial charge in [0.05, 0.1) is 23.7 Å². The van der Waals surface area contributed by atoms with Crippen LogP contribution in [-0.2, 0) is 32.5 Å². The van der Waals surface area contributed by atoms with Crippen molar-refractivity contribution in [2.75, 3.05) is 66.0 Å². The molecule has 0 aliphatic carbocycles. The number of benzene rings is 1. The van der Waals surface area contributed by atoms with E-state index in [1.807, 2.05) is 0 Å². The Labute approximate surface area is 216 Å². The van der Waals surface area contributed by atoms with Crippen LogP contribution in [0.25, 0.3) is 0 Å². The van der Waals surface area contributed by atoms with E-state index < -0.39 is 15.9 Å². The fourth-order valence-corrected chi connectivity index (χ4v) is 6.71. The summed E-state index contributed by atoms with van der Waals surface area (Å²) in [4.78, 5) is 29.1. The molecule has 0 saturated carbocycles. The maximum Gasteiger partial charge on any atom is 0.256 e. The third-order valence-electron chi connectivity index (χ3n) is 6.11. The molecular weight excluding hydrogens is 504 g/mol. The van der Waals surface area contributed by atoms with E-state index in [0.29, 0.717) is 16.1 Å². The Morgan fingerprint density at radius 3 is 2.28 bits per heavy atom. The number of nitrogens with zero attached hydrogens (tertiary/aromatic N) is 2. The van der Waals surface area contributed by atoms with Gasteiger partial charge in [-0.05, 0) is 42.8 Å². The van der Waals surface area contributed by atoms with Crippen molar-refractivity contribution in [3.63, 3.8) is 0 Å². The Bertz CT molecular complexity index is 1160. The first-order chi connectivity index (χ1) is 17.3. The van der Waals surface area contributed by atoms with Crippen LogP contribution < -0.4 is 10.6 Å². The summed E-state index contributed by atoms with van der Waals surface area (Å²) in [7, 11) is 0.794. The molecule has 0 unspecified atom stereocenters. The van der Waals surface area contributed by atoms with Crippen LogP contribution in [0.2, 0.25) is 0 Å². The maximum absolute atomic E-state index is 13.1. The summed E-state index contributed by atoms with van der Waals surface area (Å²) in [6.07, 6.45) is 0.744. The molecule has 1 aliphatic rings. The molecule has 198 valence electrons. The first-order valence-electron chi connectivity index (χ1n) is 11.7. The van der Waals surface area contributed by atoms with Gasteiger partial charge in [0.15, 0.2) is 0 Å². The van der Waals surface area contributed by atoms with Crippen LogP contribution in [0.4, 0.5) is 5.00 Å². The normalized spacial score (nSPS) is 14.0. The van der Waals surface area contributed by atoms with Crippen LogP contribution in [0.1, 0.15) is 38.1 Å². The van der Waals surface area contributed by atoms with Gasteiger partial charge in [0.2, 0.25) is 10.0 Å². The predicted octanol–water partition coefficient (Wildman–Crippen LogP) is 2.02. The highest BCUT2D eigenvalue weighted by molar-refractivity contribution is 7.89. The number of anilines is 1. The molecule has 0 radical (unpaired) electrons. The molecule has 2 heterocycles. The van der Waals surface area contributed by atoms with Gasteiger partial charge in [-0.25, -0.2) is 8.42 Å². The number of nitrogens with one attached hydrogen (secondary N) is 2. The zero-order chi connectivity index (χ0) is 26.3. The molecule has 0 fully saturated rings. The Morgan fingerprint density at radius 2 is 1.72 bits per heavy atom. The number of likely N-dealkylation sites (N-methyl/N-ethyl adjacent to an activating group) is 1. The van der Waals surface area contributed by atoms with Crippen molar-refractivity contribution in [1.82, 2.24) is 14.5 Å². The first kappa shape index (κ1) is 28.2. The van der Waals surface area contributed by atoms with Gasteiger partial charge in [-0.3, -0.25) is 14.5 Å². The highest BCUT2D eigenvalue weighted by Crippen LogP contribution is 2.37. The Kier molecular flexibility index (Phi) is 10.00. The smallest absolute Gasteiger partial charge is 0.256 e. The van der Waals surface area contributed by atoms with E-state index in [1.54, 1.807) is 7.05 Å². The summed E-state index contributed by atoms with van der Waals surface area (Å²) < 4.78 is 37.6. The Hall–Kier alpha value is -2.35. The number of sulfonamides is 1. The first-order valence-corrected chi connectivity index (χ1v) is 14.0. The lowest BCUT2D eigenvalue weighted by atomic mass is 10.0. The second-order valence-corrected chi connectivity index (χ2v) is 11.3. The molecule has 10 nitrogen and oxygen atoms in total. The number of hydrogen-bond acceptors (Lipinski definition) is 8. The van der Waals surface area contributed by atoms with Crippen molar-refractivity contribution in [2.24, 2.45) is 0 Å². The largest absolute Gasteiger partial charge is 0.383 e. The molecule has 1 aromatic heterocycles. The van der Waals surface area contributed by atoms with Crippen molar-refractivity contribution in [3.05, 3.63) is 45.8 Å². The molecule has 2 amide bonds. The van der Waals surface area contributed by atoms with E-state index in [1.165, 1.54) is 54.1 Å². The summed E-state index contributed by atoms with van der Waals surface area (Å²) in [5.41, 5.74) is 1.78. The van der Waals surface area contributed by atoms with Gasteiger partial charge in [0, 0.05) is 57.9 Å². The second kappa shape index (κ2) is 12.7. The predicted molar refractivity (Wildman–Crippen MR) is 139 cm³/mol. The van der Waals surface area contributed by atoms with E-state index in [0.717, 1.165) is 36.5 Å². The average Bonchev–Trinajstić information content (AvgIpc) is 3.24. The SMILES string of the molecule is CCN1CCc2c(sc(NC(=O)c3ccc(S(=O)(=O)N(CCOC)CCOC)cc3)c2C(=O)NC)C1. The van der Waals surface area contributed by atoms with Gasteiger partial charge in [-0.1, -0.05) is 6.92 Å². The van der Waals surface area contributed by atoms with Gasteiger partial charge in [0.25, 0.3) is 11.8 Å². The van der Waals surface area contributed by atoms with Crippen molar-refractivity contribution in [1.29, 1.82) is 0 Å². The van der Waals surface area contributed by atoms with E-state index >= 15 is 0 Å². The fourth-order valence-electron chi connectivity index (χ4n) is 4.02. The molecule has 0 saturated heterocycles. The minimum Gasteiger partial charge on any atom is -0.383 e. The molecule has 0 bridgehead atoms. The molecular formula is C24H34N4O6S2. The van der Waals surface area contributed by atoms with Gasteiger partial charge in [-0.2, -0.15) is 4.31 Å². The summed E-state index contributed by atoms with van der Waals surface area (Å²) in [6.45, 7) is 5.48. The van der Waals surface area contributed by atoms with Gasteiger partial charge >= 0.3 is 0 Å². The third-order valence-corrected chi connectivity index (χ3v) is 9.15. The number of amides is 2. The van der Waals surface area contributed by atoms with Gasteiger partial charge < -0.3 is 20.1 Å². The minimum absolute atomic E-state index is 0.0727. The van der Waals surface area contributed by atoms with Crippen molar-refractivity contribution in [3.8, 4) is 0 Å². The van der Waals surface area contributed by atoms with E-state index in [9.17, 15) is 18.0 Å².